The van der Waals surface area contributed by atoms with Crippen LogP contribution in [-0.4, -0.2) is 24.1 Å². The highest BCUT2D eigenvalue weighted by Gasteiger charge is 2.24. The summed E-state index contributed by atoms with van der Waals surface area (Å²) < 4.78 is 4.71. The zero-order chi connectivity index (χ0) is 41.0. The molecule has 9 aromatic carbocycles. The molecule has 0 unspecified atom stereocenters. The average Bonchev–Trinajstić information content (AvgIpc) is 3.88. The first-order chi connectivity index (χ1) is 30.7. The van der Waals surface area contributed by atoms with Gasteiger partial charge in [0.15, 0.2) is 11.6 Å². The third-order valence-electron chi connectivity index (χ3n) is 12.0. The van der Waals surface area contributed by atoms with Gasteiger partial charge in [-0.05, 0) is 63.7 Å². The van der Waals surface area contributed by atoms with E-state index in [1.54, 1.807) is 0 Å². The van der Waals surface area contributed by atoms with Crippen molar-refractivity contribution in [1.29, 1.82) is 0 Å². The molecule has 12 rings (SSSR count). The molecular weight excluding hydrogens is 755 g/mol. The van der Waals surface area contributed by atoms with Crippen LogP contribution < -0.4 is 0 Å². The number of benzene rings is 9. The number of fused-ring (bicyclic) bond motifs is 7. The number of para-hydroxylation sites is 2. The average molecular weight is 792 g/mol. The molecule has 0 atom stereocenters. The Morgan fingerprint density at radius 2 is 0.629 bits per heavy atom. The molecule has 0 aliphatic rings. The Kier molecular flexibility index (Phi) is 8.42. The van der Waals surface area contributed by atoms with Gasteiger partial charge in [-0.3, -0.25) is 4.57 Å². The van der Waals surface area contributed by atoms with Crippen molar-refractivity contribution < 1.29 is 0 Å². The number of aromatic nitrogens is 5. The van der Waals surface area contributed by atoms with E-state index in [1.807, 2.05) is 24.3 Å². The monoisotopic (exact) mass is 791 g/mol. The summed E-state index contributed by atoms with van der Waals surface area (Å²) in [6.45, 7) is 0. The molecule has 0 saturated heterocycles. The van der Waals surface area contributed by atoms with E-state index in [2.05, 4.69) is 209 Å². The Morgan fingerprint density at radius 3 is 1.15 bits per heavy atom. The summed E-state index contributed by atoms with van der Waals surface area (Å²) in [5, 5.41) is 4.57. The zero-order valence-electron chi connectivity index (χ0n) is 33.6. The van der Waals surface area contributed by atoms with Crippen LogP contribution >= 0.6 is 0 Å². The van der Waals surface area contributed by atoms with Crippen LogP contribution in [-0.2, 0) is 0 Å². The van der Waals surface area contributed by atoms with E-state index < -0.39 is 0 Å². The minimum atomic E-state index is 0.555. The summed E-state index contributed by atoms with van der Waals surface area (Å²) in [5.74, 6) is 1.77. The highest BCUT2D eigenvalue weighted by molar-refractivity contribution is 6.23. The van der Waals surface area contributed by atoms with Gasteiger partial charge in [-0.2, -0.15) is 9.97 Å². The lowest BCUT2D eigenvalue weighted by atomic mass is 9.98. The smallest absolute Gasteiger partial charge is 0.238 e. The molecule has 12 aromatic rings. The van der Waals surface area contributed by atoms with Gasteiger partial charge in [-0.15, -0.1) is 0 Å². The van der Waals surface area contributed by atoms with Crippen molar-refractivity contribution in [2.45, 2.75) is 0 Å². The summed E-state index contributed by atoms with van der Waals surface area (Å²) in [5.41, 5.74) is 14.1. The Bertz CT molecular complexity index is 3540. The molecule has 62 heavy (non-hydrogen) atoms. The van der Waals surface area contributed by atoms with E-state index in [1.165, 1.54) is 5.39 Å². The van der Waals surface area contributed by atoms with Crippen LogP contribution in [0.1, 0.15) is 0 Å². The fraction of sp³-hybridized carbons (Fsp3) is 0. The van der Waals surface area contributed by atoms with Crippen molar-refractivity contribution in [2.75, 3.05) is 0 Å². The summed E-state index contributed by atoms with van der Waals surface area (Å²) >= 11 is 0. The molecule has 5 heteroatoms. The second-order valence-electron chi connectivity index (χ2n) is 15.7. The topological polar surface area (TPSA) is 48.5 Å². The minimum absolute atomic E-state index is 0.555. The maximum Gasteiger partial charge on any atom is 0.238 e. The minimum Gasteiger partial charge on any atom is -0.307 e. The van der Waals surface area contributed by atoms with Crippen LogP contribution in [0.15, 0.2) is 224 Å². The van der Waals surface area contributed by atoms with Gasteiger partial charge >= 0.3 is 0 Å². The van der Waals surface area contributed by atoms with Gasteiger partial charge < -0.3 is 4.57 Å². The highest BCUT2D eigenvalue weighted by Crippen LogP contribution is 2.43. The molecule has 0 aliphatic heterocycles. The van der Waals surface area contributed by atoms with Gasteiger partial charge in [0.2, 0.25) is 5.95 Å². The lowest BCUT2D eigenvalue weighted by Crippen LogP contribution is -2.07. The molecule has 3 aromatic heterocycles. The molecule has 0 radical (unpaired) electrons. The van der Waals surface area contributed by atoms with E-state index in [4.69, 9.17) is 15.0 Å². The molecule has 0 fully saturated rings. The molecule has 0 N–H and O–H groups in total. The zero-order valence-corrected chi connectivity index (χ0v) is 33.6. The van der Waals surface area contributed by atoms with Crippen LogP contribution in [0.25, 0.3) is 111 Å². The number of hydrogen-bond acceptors (Lipinski definition) is 3. The van der Waals surface area contributed by atoms with E-state index in [0.29, 0.717) is 17.6 Å². The maximum atomic E-state index is 5.38. The number of hydrogen-bond donors (Lipinski definition) is 0. The van der Waals surface area contributed by atoms with Gasteiger partial charge in [-0.25, -0.2) is 4.98 Å². The van der Waals surface area contributed by atoms with Crippen LogP contribution in [0.3, 0.4) is 0 Å². The molecule has 0 aliphatic carbocycles. The SMILES string of the molecule is c1ccc(-c2ccc(-c3nc(-c4ccccc4)nc(-n4c5ccccc5c5ccc6c7ccccc7n(-c7cc(-c8ccccc8)cc(-c8ccccc8)c7)c6c54)n3)cc2)cc1. The molecule has 3 heterocycles. The van der Waals surface area contributed by atoms with Crippen LogP contribution in [0.5, 0.6) is 0 Å². The van der Waals surface area contributed by atoms with Crippen molar-refractivity contribution in [3.05, 3.63) is 224 Å². The van der Waals surface area contributed by atoms with E-state index in [-0.39, 0.29) is 0 Å². The number of nitrogens with zero attached hydrogens (tertiary/aromatic N) is 5. The second kappa shape index (κ2) is 14.7. The Balaban J connectivity index is 1.18. The molecule has 0 spiro atoms. The van der Waals surface area contributed by atoms with Crippen molar-refractivity contribution in [2.24, 2.45) is 0 Å². The van der Waals surface area contributed by atoms with Crippen molar-refractivity contribution in [3.8, 4) is 67.8 Å². The fourth-order valence-electron chi connectivity index (χ4n) is 9.06. The first-order valence-corrected chi connectivity index (χ1v) is 20.9. The predicted molar refractivity (Wildman–Crippen MR) is 256 cm³/mol. The summed E-state index contributed by atoms with van der Waals surface area (Å²) in [6.07, 6.45) is 0. The van der Waals surface area contributed by atoms with Gasteiger partial charge in [-0.1, -0.05) is 194 Å². The fourth-order valence-corrected chi connectivity index (χ4v) is 9.06. The van der Waals surface area contributed by atoms with Crippen molar-refractivity contribution in [1.82, 2.24) is 24.1 Å². The normalized spacial score (nSPS) is 11.5. The summed E-state index contributed by atoms with van der Waals surface area (Å²) in [4.78, 5) is 15.9. The molecule has 0 amide bonds. The van der Waals surface area contributed by atoms with Crippen molar-refractivity contribution >= 4 is 43.6 Å². The highest BCUT2D eigenvalue weighted by atomic mass is 15.2. The first kappa shape index (κ1) is 35.5. The summed E-state index contributed by atoms with van der Waals surface area (Å²) in [7, 11) is 0. The van der Waals surface area contributed by atoms with Gasteiger partial charge in [0.05, 0.1) is 22.1 Å². The lowest BCUT2D eigenvalue weighted by molar-refractivity contribution is 0.953. The van der Waals surface area contributed by atoms with Gasteiger partial charge in [0.1, 0.15) is 0 Å². The maximum absolute atomic E-state index is 5.38. The molecule has 0 saturated carbocycles. The van der Waals surface area contributed by atoms with Crippen LogP contribution in [0.2, 0.25) is 0 Å². The Hall–Kier alpha value is -8.41. The quantitative estimate of drug-likeness (QED) is 0.162. The Labute approximate surface area is 358 Å². The summed E-state index contributed by atoms with van der Waals surface area (Å²) in [6, 6.07) is 79.4. The molecular formula is C57H37N5. The van der Waals surface area contributed by atoms with Gasteiger partial charge in [0.25, 0.3) is 0 Å². The van der Waals surface area contributed by atoms with Crippen LogP contribution in [0.4, 0.5) is 0 Å². The van der Waals surface area contributed by atoms with Crippen LogP contribution in [0, 0.1) is 0 Å². The third kappa shape index (κ3) is 5.98. The molecule has 5 nitrogen and oxygen atoms in total. The van der Waals surface area contributed by atoms with Crippen molar-refractivity contribution in [3.63, 3.8) is 0 Å². The van der Waals surface area contributed by atoms with Gasteiger partial charge in [0, 0.05) is 38.4 Å². The van der Waals surface area contributed by atoms with E-state index in [0.717, 1.165) is 88.4 Å². The lowest BCUT2D eigenvalue weighted by Gasteiger charge is -2.16. The first-order valence-electron chi connectivity index (χ1n) is 20.9. The number of rotatable bonds is 7. The third-order valence-corrected chi connectivity index (χ3v) is 12.0. The van der Waals surface area contributed by atoms with E-state index >= 15 is 0 Å². The predicted octanol–water partition coefficient (Wildman–Crippen LogP) is 14.4. The molecule has 0 bridgehead atoms. The Morgan fingerprint density at radius 1 is 0.258 bits per heavy atom. The standard InChI is InChI=1S/C57H37N5/c1-5-17-38(18-6-1)41-29-31-43(32-30-41)56-58-55(42-23-11-4-12-24-42)59-57(60-56)62-52-28-16-14-26-48(52)50-34-33-49-47-25-13-15-27-51(47)61(53(49)54(50)62)46-36-44(39-19-7-2-8-20-39)35-45(37-46)40-21-9-3-10-22-40/h1-37H. The largest absolute Gasteiger partial charge is 0.307 e. The second-order valence-corrected chi connectivity index (χ2v) is 15.7. The molecule has 290 valence electrons. The van der Waals surface area contributed by atoms with E-state index in [9.17, 15) is 0 Å².